The Bertz CT molecular complexity index is 486. The summed E-state index contributed by atoms with van der Waals surface area (Å²) in [5.74, 6) is -0.443. The SMILES string of the molecule is CCCCCCCS(=O)(=O)c1ccc(F)cc1N. The minimum atomic E-state index is -3.39. The lowest BCUT2D eigenvalue weighted by molar-refractivity contribution is 0.586. The van der Waals surface area contributed by atoms with Gasteiger partial charge in [-0.2, -0.15) is 0 Å². The van der Waals surface area contributed by atoms with E-state index in [4.69, 9.17) is 5.73 Å². The highest BCUT2D eigenvalue weighted by Crippen LogP contribution is 2.21. The monoisotopic (exact) mass is 273 g/mol. The molecule has 0 amide bonds. The molecule has 0 saturated carbocycles. The van der Waals surface area contributed by atoms with Crippen LogP contribution in [-0.4, -0.2) is 14.2 Å². The summed E-state index contributed by atoms with van der Waals surface area (Å²) in [5.41, 5.74) is 5.53. The van der Waals surface area contributed by atoms with Crippen molar-refractivity contribution in [2.75, 3.05) is 11.5 Å². The molecule has 3 nitrogen and oxygen atoms in total. The van der Waals surface area contributed by atoms with Gasteiger partial charge in [-0.05, 0) is 24.6 Å². The van der Waals surface area contributed by atoms with E-state index >= 15 is 0 Å². The van der Waals surface area contributed by atoms with Gasteiger partial charge in [-0.15, -0.1) is 0 Å². The Balaban J connectivity index is 2.63. The molecule has 1 rings (SSSR count). The zero-order chi connectivity index (χ0) is 13.6. The molecule has 1 aromatic carbocycles. The molecule has 0 spiro atoms. The van der Waals surface area contributed by atoms with E-state index in [2.05, 4.69) is 6.92 Å². The van der Waals surface area contributed by atoms with E-state index in [1.165, 1.54) is 6.07 Å². The van der Waals surface area contributed by atoms with Gasteiger partial charge in [0.15, 0.2) is 9.84 Å². The molecule has 2 N–H and O–H groups in total. The van der Waals surface area contributed by atoms with E-state index in [0.717, 1.165) is 37.8 Å². The van der Waals surface area contributed by atoms with Crippen LogP contribution < -0.4 is 5.73 Å². The van der Waals surface area contributed by atoms with Crippen molar-refractivity contribution >= 4 is 15.5 Å². The second-order valence-electron chi connectivity index (χ2n) is 4.42. The number of sulfone groups is 1. The first kappa shape index (κ1) is 15.0. The van der Waals surface area contributed by atoms with E-state index in [1.807, 2.05) is 0 Å². The van der Waals surface area contributed by atoms with Gasteiger partial charge in [0, 0.05) is 0 Å². The van der Waals surface area contributed by atoms with Crippen molar-refractivity contribution in [2.45, 2.75) is 43.9 Å². The van der Waals surface area contributed by atoms with E-state index in [9.17, 15) is 12.8 Å². The van der Waals surface area contributed by atoms with Crippen LogP contribution in [0.4, 0.5) is 10.1 Å². The quantitative estimate of drug-likeness (QED) is 0.471. The van der Waals surface area contributed by atoms with Crippen LogP contribution in [0.25, 0.3) is 0 Å². The van der Waals surface area contributed by atoms with E-state index < -0.39 is 15.7 Å². The molecule has 0 unspecified atom stereocenters. The van der Waals surface area contributed by atoms with Crippen molar-refractivity contribution < 1.29 is 12.8 Å². The molecule has 0 radical (unpaired) electrons. The number of hydrogen-bond acceptors (Lipinski definition) is 3. The fourth-order valence-electron chi connectivity index (χ4n) is 1.81. The number of benzene rings is 1. The molecule has 0 aliphatic rings. The fourth-order valence-corrected chi connectivity index (χ4v) is 3.31. The summed E-state index contributed by atoms with van der Waals surface area (Å²) >= 11 is 0. The topological polar surface area (TPSA) is 60.2 Å². The van der Waals surface area contributed by atoms with Gasteiger partial charge >= 0.3 is 0 Å². The zero-order valence-corrected chi connectivity index (χ0v) is 11.5. The average Bonchev–Trinajstić information content (AvgIpc) is 2.28. The number of nitrogens with two attached hydrogens (primary N) is 1. The summed E-state index contributed by atoms with van der Waals surface area (Å²) in [6, 6.07) is 3.41. The molecular formula is C13H20FNO2S. The fraction of sp³-hybridized carbons (Fsp3) is 0.538. The lowest BCUT2D eigenvalue weighted by atomic mass is 10.2. The number of unbranched alkanes of at least 4 members (excludes halogenated alkanes) is 4. The third-order valence-corrected chi connectivity index (χ3v) is 4.69. The minimum absolute atomic E-state index is 0.0106. The second-order valence-corrected chi connectivity index (χ2v) is 6.49. The number of rotatable bonds is 7. The van der Waals surface area contributed by atoms with Crippen molar-refractivity contribution in [1.29, 1.82) is 0 Å². The van der Waals surface area contributed by atoms with E-state index in [0.29, 0.717) is 6.42 Å². The van der Waals surface area contributed by atoms with Crippen LogP contribution in [-0.2, 0) is 9.84 Å². The van der Waals surface area contributed by atoms with Gasteiger partial charge in [0.25, 0.3) is 0 Å². The smallest absolute Gasteiger partial charge is 0.180 e. The Hall–Kier alpha value is -1.10. The lowest BCUT2D eigenvalue weighted by Gasteiger charge is -2.07. The maximum Gasteiger partial charge on any atom is 0.180 e. The van der Waals surface area contributed by atoms with Crippen molar-refractivity contribution in [3.63, 3.8) is 0 Å². The number of hydrogen-bond donors (Lipinski definition) is 1. The molecule has 0 fully saturated rings. The maximum absolute atomic E-state index is 12.9. The summed E-state index contributed by atoms with van der Waals surface area (Å²) < 4.78 is 36.8. The van der Waals surface area contributed by atoms with Crippen molar-refractivity contribution in [3.8, 4) is 0 Å². The number of halogens is 1. The molecule has 1 aromatic rings. The third-order valence-electron chi connectivity index (χ3n) is 2.82. The summed E-state index contributed by atoms with van der Waals surface area (Å²) in [6.07, 6.45) is 4.81. The molecule has 0 heterocycles. The van der Waals surface area contributed by atoms with Crippen LogP contribution >= 0.6 is 0 Å². The predicted molar refractivity (Wildman–Crippen MR) is 71.6 cm³/mol. The summed E-state index contributed by atoms with van der Waals surface area (Å²) in [5, 5.41) is 0. The first-order valence-electron chi connectivity index (χ1n) is 6.25. The van der Waals surface area contributed by atoms with Crippen molar-refractivity contribution in [2.24, 2.45) is 0 Å². The summed E-state index contributed by atoms with van der Waals surface area (Å²) in [4.78, 5) is 0.0411. The highest BCUT2D eigenvalue weighted by atomic mass is 32.2. The lowest BCUT2D eigenvalue weighted by Crippen LogP contribution is -2.09. The van der Waals surface area contributed by atoms with Gasteiger partial charge in [0.2, 0.25) is 0 Å². The Morgan fingerprint density at radius 3 is 2.44 bits per heavy atom. The second kappa shape index (κ2) is 6.73. The van der Waals surface area contributed by atoms with Gasteiger partial charge < -0.3 is 5.73 Å². The maximum atomic E-state index is 12.9. The average molecular weight is 273 g/mol. The van der Waals surface area contributed by atoms with Crippen LogP contribution in [0.2, 0.25) is 0 Å². The van der Waals surface area contributed by atoms with Gasteiger partial charge in [-0.1, -0.05) is 32.6 Å². The van der Waals surface area contributed by atoms with Crippen LogP contribution in [0.3, 0.4) is 0 Å². The Morgan fingerprint density at radius 1 is 1.17 bits per heavy atom. The van der Waals surface area contributed by atoms with Gasteiger partial charge in [0.05, 0.1) is 16.3 Å². The molecule has 0 aliphatic carbocycles. The first-order valence-corrected chi connectivity index (χ1v) is 7.90. The molecule has 0 aromatic heterocycles. The molecule has 0 atom stereocenters. The van der Waals surface area contributed by atoms with Gasteiger partial charge in [-0.25, -0.2) is 12.8 Å². The highest BCUT2D eigenvalue weighted by Gasteiger charge is 2.17. The summed E-state index contributed by atoms with van der Waals surface area (Å²) in [7, 11) is -3.39. The molecule has 5 heteroatoms. The number of nitrogen functional groups attached to an aromatic ring is 1. The zero-order valence-electron chi connectivity index (χ0n) is 10.7. The number of anilines is 1. The molecule has 102 valence electrons. The first-order chi connectivity index (χ1) is 8.47. The Morgan fingerprint density at radius 2 is 1.83 bits per heavy atom. The van der Waals surface area contributed by atoms with Crippen molar-refractivity contribution in [1.82, 2.24) is 0 Å². The molecule has 0 bridgehead atoms. The normalized spacial score (nSPS) is 11.7. The van der Waals surface area contributed by atoms with Crippen LogP contribution in [0, 0.1) is 5.82 Å². The van der Waals surface area contributed by atoms with E-state index in [1.54, 1.807) is 0 Å². The third kappa shape index (κ3) is 4.29. The van der Waals surface area contributed by atoms with Crippen molar-refractivity contribution in [3.05, 3.63) is 24.0 Å². The van der Waals surface area contributed by atoms with Crippen LogP contribution in [0.15, 0.2) is 23.1 Å². The Labute approximate surface area is 108 Å². The molecule has 0 saturated heterocycles. The standard InChI is InChI=1S/C13H20FNO2S/c1-2-3-4-5-6-9-18(16,17)13-8-7-11(14)10-12(13)15/h7-8,10H,2-6,9,15H2,1H3. The predicted octanol–water partition coefficient (Wildman–Crippen LogP) is 3.15. The Kier molecular flexibility index (Phi) is 5.59. The highest BCUT2D eigenvalue weighted by molar-refractivity contribution is 7.91. The van der Waals surface area contributed by atoms with E-state index in [-0.39, 0.29) is 16.3 Å². The minimum Gasteiger partial charge on any atom is -0.398 e. The van der Waals surface area contributed by atoms with Gasteiger partial charge in [-0.3, -0.25) is 0 Å². The molecular weight excluding hydrogens is 253 g/mol. The van der Waals surface area contributed by atoms with Crippen LogP contribution in [0.1, 0.15) is 39.0 Å². The van der Waals surface area contributed by atoms with Crippen LogP contribution in [0.5, 0.6) is 0 Å². The molecule has 0 aliphatic heterocycles. The summed E-state index contributed by atoms with van der Waals surface area (Å²) in [6.45, 7) is 2.11. The largest absolute Gasteiger partial charge is 0.398 e. The molecule has 18 heavy (non-hydrogen) atoms. The van der Waals surface area contributed by atoms with Gasteiger partial charge in [0.1, 0.15) is 5.82 Å².